The SMILES string of the molecule is O=C(O)CC1COCCN1C(=O)Cc1ccc2c(c1)CCC2. The smallest absolute Gasteiger partial charge is 0.305 e. The minimum absolute atomic E-state index is 0.00695. The summed E-state index contributed by atoms with van der Waals surface area (Å²) in [5, 5.41) is 8.97. The van der Waals surface area contributed by atoms with Crippen LogP contribution in [-0.2, 0) is 33.6 Å². The van der Waals surface area contributed by atoms with E-state index in [0.29, 0.717) is 26.2 Å². The third-order valence-corrected chi connectivity index (χ3v) is 4.48. The molecule has 1 fully saturated rings. The van der Waals surface area contributed by atoms with Gasteiger partial charge in [0, 0.05) is 6.54 Å². The average Bonchev–Trinajstić information content (AvgIpc) is 2.94. The fourth-order valence-electron chi connectivity index (χ4n) is 3.37. The van der Waals surface area contributed by atoms with Crippen molar-refractivity contribution in [3.05, 3.63) is 34.9 Å². The number of carbonyl (C=O) groups excluding carboxylic acids is 1. The molecule has 1 unspecified atom stereocenters. The molecule has 3 rings (SSSR count). The lowest BCUT2D eigenvalue weighted by molar-refractivity contribution is -0.145. The number of amides is 1. The van der Waals surface area contributed by atoms with Crippen molar-refractivity contribution in [2.45, 2.75) is 38.1 Å². The Bertz CT molecular complexity index is 584. The van der Waals surface area contributed by atoms with Gasteiger partial charge >= 0.3 is 5.97 Å². The molecule has 1 aromatic rings. The number of aryl methyl sites for hydroxylation is 2. The fourth-order valence-corrected chi connectivity index (χ4v) is 3.37. The number of carbonyl (C=O) groups is 2. The van der Waals surface area contributed by atoms with Gasteiger partial charge in [-0.15, -0.1) is 0 Å². The van der Waals surface area contributed by atoms with E-state index in [1.165, 1.54) is 17.5 Å². The Morgan fingerprint density at radius 3 is 2.91 bits per heavy atom. The van der Waals surface area contributed by atoms with E-state index in [-0.39, 0.29) is 18.4 Å². The van der Waals surface area contributed by atoms with Gasteiger partial charge in [-0.05, 0) is 36.0 Å². The molecular weight excluding hydrogens is 282 g/mol. The van der Waals surface area contributed by atoms with Crippen molar-refractivity contribution in [2.24, 2.45) is 0 Å². The number of benzene rings is 1. The molecule has 1 amide bonds. The second-order valence-corrected chi connectivity index (χ2v) is 6.05. The van der Waals surface area contributed by atoms with Crippen LogP contribution in [0.3, 0.4) is 0 Å². The zero-order valence-electron chi connectivity index (χ0n) is 12.6. The van der Waals surface area contributed by atoms with Gasteiger partial charge in [-0.2, -0.15) is 0 Å². The first kappa shape index (κ1) is 15.0. The first-order valence-electron chi connectivity index (χ1n) is 7.83. The highest BCUT2D eigenvalue weighted by Gasteiger charge is 2.29. The van der Waals surface area contributed by atoms with Crippen LogP contribution in [0.1, 0.15) is 29.5 Å². The lowest BCUT2D eigenvalue weighted by Gasteiger charge is -2.35. The van der Waals surface area contributed by atoms with E-state index < -0.39 is 5.97 Å². The van der Waals surface area contributed by atoms with Crippen LogP contribution in [0.5, 0.6) is 0 Å². The van der Waals surface area contributed by atoms with E-state index in [0.717, 1.165) is 18.4 Å². The molecule has 1 atom stereocenters. The Hall–Kier alpha value is -1.88. The van der Waals surface area contributed by atoms with Crippen LogP contribution in [-0.4, -0.2) is 47.7 Å². The summed E-state index contributed by atoms with van der Waals surface area (Å²) in [6.07, 6.45) is 3.69. The minimum Gasteiger partial charge on any atom is -0.481 e. The van der Waals surface area contributed by atoms with Gasteiger partial charge in [0.25, 0.3) is 0 Å². The van der Waals surface area contributed by atoms with Gasteiger partial charge < -0.3 is 14.7 Å². The van der Waals surface area contributed by atoms with Crippen molar-refractivity contribution in [2.75, 3.05) is 19.8 Å². The molecule has 0 radical (unpaired) electrons. The number of rotatable bonds is 4. The van der Waals surface area contributed by atoms with Crippen LogP contribution in [0.25, 0.3) is 0 Å². The van der Waals surface area contributed by atoms with Gasteiger partial charge in [0.05, 0.1) is 32.1 Å². The van der Waals surface area contributed by atoms with Gasteiger partial charge in [-0.1, -0.05) is 18.2 Å². The molecule has 22 heavy (non-hydrogen) atoms. The molecule has 0 aromatic heterocycles. The molecule has 5 heteroatoms. The Morgan fingerprint density at radius 2 is 2.09 bits per heavy atom. The summed E-state index contributed by atoms with van der Waals surface area (Å²) >= 11 is 0. The fraction of sp³-hybridized carbons (Fsp3) is 0.529. The molecule has 1 aliphatic carbocycles. The summed E-state index contributed by atoms with van der Waals surface area (Å²) in [5.74, 6) is -0.904. The molecule has 118 valence electrons. The van der Waals surface area contributed by atoms with Crippen LogP contribution in [0.2, 0.25) is 0 Å². The average molecular weight is 303 g/mol. The summed E-state index contributed by atoms with van der Waals surface area (Å²) in [7, 11) is 0. The Labute approximate surface area is 129 Å². The molecule has 0 spiro atoms. The first-order valence-corrected chi connectivity index (χ1v) is 7.83. The van der Waals surface area contributed by atoms with E-state index in [2.05, 4.69) is 12.1 Å². The van der Waals surface area contributed by atoms with Crippen LogP contribution in [0.4, 0.5) is 0 Å². The van der Waals surface area contributed by atoms with E-state index >= 15 is 0 Å². The van der Waals surface area contributed by atoms with Crippen molar-refractivity contribution in [3.63, 3.8) is 0 Å². The van der Waals surface area contributed by atoms with Gasteiger partial charge in [0.15, 0.2) is 0 Å². The van der Waals surface area contributed by atoms with Crippen molar-refractivity contribution in [3.8, 4) is 0 Å². The van der Waals surface area contributed by atoms with Crippen LogP contribution in [0.15, 0.2) is 18.2 Å². The quantitative estimate of drug-likeness (QED) is 0.913. The highest BCUT2D eigenvalue weighted by Crippen LogP contribution is 2.23. The maximum atomic E-state index is 12.5. The first-order chi connectivity index (χ1) is 10.6. The maximum absolute atomic E-state index is 12.5. The summed E-state index contributed by atoms with van der Waals surface area (Å²) < 4.78 is 5.32. The van der Waals surface area contributed by atoms with Crippen LogP contribution >= 0.6 is 0 Å². The highest BCUT2D eigenvalue weighted by atomic mass is 16.5. The van der Waals surface area contributed by atoms with Crippen LogP contribution < -0.4 is 0 Å². The Morgan fingerprint density at radius 1 is 1.27 bits per heavy atom. The Balaban J connectivity index is 1.68. The van der Waals surface area contributed by atoms with Gasteiger partial charge in [-0.3, -0.25) is 9.59 Å². The molecule has 1 aliphatic heterocycles. The second kappa shape index (κ2) is 6.48. The molecule has 2 aliphatic rings. The van der Waals surface area contributed by atoms with Crippen molar-refractivity contribution in [1.82, 2.24) is 4.90 Å². The molecule has 1 N–H and O–H groups in total. The standard InChI is InChI=1S/C17H21NO4/c19-16(18-6-7-22-11-15(18)10-17(20)21)9-12-4-5-13-2-1-3-14(13)8-12/h4-5,8,15H,1-3,6-7,9-11H2,(H,20,21). The number of carboxylic acids is 1. The minimum atomic E-state index is -0.897. The summed E-state index contributed by atoms with van der Waals surface area (Å²) in [6.45, 7) is 1.26. The number of hydrogen-bond acceptors (Lipinski definition) is 3. The van der Waals surface area contributed by atoms with Crippen molar-refractivity contribution < 1.29 is 19.4 Å². The molecule has 1 aromatic carbocycles. The predicted octanol–water partition coefficient (Wildman–Crippen LogP) is 1.42. The zero-order valence-corrected chi connectivity index (χ0v) is 12.6. The lowest BCUT2D eigenvalue weighted by Crippen LogP contribution is -2.50. The maximum Gasteiger partial charge on any atom is 0.305 e. The largest absolute Gasteiger partial charge is 0.481 e. The second-order valence-electron chi connectivity index (χ2n) is 6.05. The van der Waals surface area contributed by atoms with Gasteiger partial charge in [0.2, 0.25) is 5.91 Å². The number of nitrogens with zero attached hydrogens (tertiary/aromatic N) is 1. The molecule has 1 saturated heterocycles. The van der Waals surface area contributed by atoms with E-state index in [9.17, 15) is 9.59 Å². The zero-order chi connectivity index (χ0) is 15.5. The third-order valence-electron chi connectivity index (χ3n) is 4.48. The topological polar surface area (TPSA) is 66.8 Å². The number of morpholine rings is 1. The Kier molecular flexibility index (Phi) is 4.43. The highest BCUT2D eigenvalue weighted by molar-refractivity contribution is 5.80. The van der Waals surface area contributed by atoms with Gasteiger partial charge in [0.1, 0.15) is 0 Å². The molecule has 0 saturated carbocycles. The molecular formula is C17H21NO4. The number of aliphatic carboxylic acids is 1. The van der Waals surface area contributed by atoms with Crippen molar-refractivity contribution in [1.29, 1.82) is 0 Å². The number of fused-ring (bicyclic) bond motifs is 1. The predicted molar refractivity (Wildman–Crippen MR) is 80.7 cm³/mol. The molecule has 5 nitrogen and oxygen atoms in total. The van der Waals surface area contributed by atoms with Crippen LogP contribution in [0, 0.1) is 0 Å². The van der Waals surface area contributed by atoms with Gasteiger partial charge in [-0.25, -0.2) is 0 Å². The molecule has 0 bridgehead atoms. The normalized spacial score (nSPS) is 20.7. The third kappa shape index (κ3) is 3.30. The summed E-state index contributed by atoms with van der Waals surface area (Å²) in [4.78, 5) is 25.1. The van der Waals surface area contributed by atoms with E-state index in [1.807, 2.05) is 6.07 Å². The number of carboxylic acid groups (broad SMARTS) is 1. The summed E-state index contributed by atoms with van der Waals surface area (Å²) in [6, 6.07) is 5.92. The van der Waals surface area contributed by atoms with E-state index in [1.54, 1.807) is 4.90 Å². The number of hydrogen-bond donors (Lipinski definition) is 1. The van der Waals surface area contributed by atoms with Crippen molar-refractivity contribution >= 4 is 11.9 Å². The monoisotopic (exact) mass is 303 g/mol. The lowest BCUT2D eigenvalue weighted by atomic mass is 10.0. The summed E-state index contributed by atoms with van der Waals surface area (Å²) in [5.41, 5.74) is 3.77. The molecule has 1 heterocycles. The number of ether oxygens (including phenoxy) is 1. The van der Waals surface area contributed by atoms with E-state index in [4.69, 9.17) is 9.84 Å².